The van der Waals surface area contributed by atoms with Crippen LogP contribution in [0.5, 0.6) is 0 Å². The summed E-state index contributed by atoms with van der Waals surface area (Å²) in [5, 5.41) is 7.65. The number of aliphatic hydroxyl groups is 1. The molecule has 1 nitrogen and oxygen atoms in total. The van der Waals surface area contributed by atoms with Crippen molar-refractivity contribution >= 4 is 0 Å². The highest BCUT2D eigenvalue weighted by molar-refractivity contribution is 4.68. The van der Waals surface area contributed by atoms with Crippen LogP contribution < -0.4 is 0 Å². The minimum atomic E-state index is -0.587. The van der Waals surface area contributed by atoms with Crippen molar-refractivity contribution in [3.8, 4) is 0 Å². The molecule has 30 valence electrons. The Hall–Kier alpha value is -0.530. The van der Waals surface area contributed by atoms with Gasteiger partial charge in [0.25, 0.3) is 0 Å². The number of aliphatic hydroxyl groups excluding tert-OH is 1. The van der Waals surface area contributed by atoms with Crippen molar-refractivity contribution in [1.29, 1.82) is 0 Å². The third-order valence-corrected chi connectivity index (χ3v) is 0.194. The molecule has 0 aromatic carbocycles. The van der Waals surface area contributed by atoms with Gasteiger partial charge in [0.15, 0.2) is 0 Å². The standard InChI is InChI=1S/C3H5FO/c4-2-1-3-5/h1,3,5H,2H2/b3-1-. The molecule has 0 unspecified atom stereocenters. The first-order valence-corrected chi connectivity index (χ1v) is 1.27. The van der Waals surface area contributed by atoms with Crippen LogP contribution >= 0.6 is 0 Å². The van der Waals surface area contributed by atoms with Crippen LogP contribution in [0.25, 0.3) is 0 Å². The second-order valence-corrected chi connectivity index (χ2v) is 0.539. The second kappa shape index (κ2) is 3.47. The van der Waals surface area contributed by atoms with E-state index in [1.807, 2.05) is 0 Å². The van der Waals surface area contributed by atoms with Crippen LogP contribution in [-0.2, 0) is 0 Å². The molecule has 0 bridgehead atoms. The van der Waals surface area contributed by atoms with Gasteiger partial charge in [-0.3, -0.25) is 0 Å². The van der Waals surface area contributed by atoms with Gasteiger partial charge in [-0.25, -0.2) is 4.39 Å². The van der Waals surface area contributed by atoms with E-state index < -0.39 is 6.67 Å². The van der Waals surface area contributed by atoms with E-state index in [0.29, 0.717) is 6.26 Å². The molecular formula is C3H5FO. The molecule has 5 heavy (non-hydrogen) atoms. The van der Waals surface area contributed by atoms with Crippen molar-refractivity contribution in [2.45, 2.75) is 0 Å². The van der Waals surface area contributed by atoms with Crippen molar-refractivity contribution in [3.05, 3.63) is 12.3 Å². The average molecular weight is 76.1 g/mol. The summed E-state index contributed by atoms with van der Waals surface area (Å²) in [7, 11) is 0. The van der Waals surface area contributed by atoms with Crippen LogP contribution in [0.2, 0.25) is 0 Å². The molecule has 0 aliphatic heterocycles. The first kappa shape index (κ1) is 4.47. The summed E-state index contributed by atoms with van der Waals surface area (Å²) < 4.78 is 10.7. The highest BCUT2D eigenvalue weighted by Gasteiger charge is 1.57. The Labute approximate surface area is 29.7 Å². The molecule has 0 aliphatic carbocycles. The molecule has 2 heteroatoms. The van der Waals surface area contributed by atoms with Gasteiger partial charge >= 0.3 is 0 Å². The summed E-state index contributed by atoms with van der Waals surface area (Å²) in [5.41, 5.74) is 0. The molecule has 0 atom stereocenters. The lowest BCUT2D eigenvalue weighted by Gasteiger charge is -1.63. The molecule has 0 aliphatic rings. The lowest BCUT2D eigenvalue weighted by molar-refractivity contribution is 0.462. The third-order valence-electron chi connectivity index (χ3n) is 0.194. The molecule has 0 aromatic heterocycles. The van der Waals surface area contributed by atoms with E-state index in [4.69, 9.17) is 5.11 Å². The Bertz CT molecular complexity index is 33.9. The van der Waals surface area contributed by atoms with Crippen molar-refractivity contribution in [1.82, 2.24) is 0 Å². The SMILES string of the molecule is O/C=C\CF. The van der Waals surface area contributed by atoms with Crippen LogP contribution in [0.15, 0.2) is 12.3 Å². The van der Waals surface area contributed by atoms with Crippen LogP contribution in [0.3, 0.4) is 0 Å². The minimum Gasteiger partial charge on any atom is -0.516 e. The maximum absolute atomic E-state index is 10.7. The Balaban J connectivity index is 2.62. The lowest BCUT2D eigenvalue weighted by Crippen LogP contribution is -1.56. The van der Waals surface area contributed by atoms with E-state index >= 15 is 0 Å². The Kier molecular flexibility index (Phi) is 3.10. The van der Waals surface area contributed by atoms with E-state index in [1.54, 1.807) is 0 Å². The van der Waals surface area contributed by atoms with Crippen molar-refractivity contribution in [3.63, 3.8) is 0 Å². The summed E-state index contributed by atoms with van der Waals surface area (Å²) in [6.07, 6.45) is 1.69. The maximum Gasteiger partial charge on any atom is 0.111 e. The molecule has 1 N–H and O–H groups in total. The summed E-state index contributed by atoms with van der Waals surface area (Å²) in [5.74, 6) is 0. The molecular weight excluding hydrogens is 71.0 g/mol. The van der Waals surface area contributed by atoms with Gasteiger partial charge in [-0.2, -0.15) is 0 Å². The Morgan fingerprint density at radius 2 is 2.40 bits per heavy atom. The molecule has 0 radical (unpaired) electrons. The van der Waals surface area contributed by atoms with E-state index in [-0.39, 0.29) is 0 Å². The second-order valence-electron chi connectivity index (χ2n) is 0.539. The monoisotopic (exact) mass is 76.0 g/mol. The highest BCUT2D eigenvalue weighted by Crippen LogP contribution is 1.64. The maximum atomic E-state index is 10.7. The van der Waals surface area contributed by atoms with Gasteiger partial charge < -0.3 is 5.11 Å². The van der Waals surface area contributed by atoms with Crippen LogP contribution in [0, 0.1) is 0 Å². The van der Waals surface area contributed by atoms with Gasteiger partial charge in [0, 0.05) is 0 Å². The van der Waals surface area contributed by atoms with Crippen molar-refractivity contribution < 1.29 is 9.50 Å². The molecule has 0 amide bonds. The van der Waals surface area contributed by atoms with Crippen LogP contribution in [0.4, 0.5) is 4.39 Å². The molecule has 0 saturated heterocycles. The van der Waals surface area contributed by atoms with Crippen LogP contribution in [0.1, 0.15) is 0 Å². The first-order valence-electron chi connectivity index (χ1n) is 1.27. The van der Waals surface area contributed by atoms with E-state index in [2.05, 4.69) is 0 Å². The first-order chi connectivity index (χ1) is 2.41. The zero-order valence-corrected chi connectivity index (χ0v) is 2.69. The number of allylic oxidation sites excluding steroid dienone is 1. The third kappa shape index (κ3) is 3.47. The number of hydrogen-bond acceptors (Lipinski definition) is 1. The summed E-state index contributed by atoms with van der Waals surface area (Å²) in [6, 6.07) is 0. The fraction of sp³-hybridized carbons (Fsp3) is 0.333. The molecule has 0 fully saturated rings. The quantitative estimate of drug-likeness (QED) is 0.462. The largest absolute Gasteiger partial charge is 0.516 e. The summed E-state index contributed by atoms with van der Waals surface area (Å²) in [6.45, 7) is -0.587. The predicted molar refractivity (Wildman–Crippen MR) is 17.7 cm³/mol. The highest BCUT2D eigenvalue weighted by atomic mass is 19.1. The molecule has 0 saturated carbocycles. The van der Waals surface area contributed by atoms with Gasteiger partial charge in [-0.1, -0.05) is 0 Å². The van der Waals surface area contributed by atoms with Crippen molar-refractivity contribution in [2.75, 3.05) is 6.67 Å². The molecule has 0 heterocycles. The topological polar surface area (TPSA) is 20.2 Å². The smallest absolute Gasteiger partial charge is 0.111 e. The fourth-order valence-electron chi connectivity index (χ4n) is 0.0398. The number of halogens is 1. The zero-order valence-electron chi connectivity index (χ0n) is 2.69. The number of hydrogen-bond donors (Lipinski definition) is 1. The average Bonchev–Trinajstić information content (AvgIpc) is 1.41. The van der Waals surface area contributed by atoms with Gasteiger partial charge in [-0.05, 0) is 6.08 Å². The Morgan fingerprint density at radius 3 is 2.40 bits per heavy atom. The number of alkyl halides is 1. The normalized spacial score (nSPS) is 9.80. The molecule has 0 rings (SSSR count). The number of rotatable bonds is 1. The van der Waals surface area contributed by atoms with Gasteiger partial charge in [0.2, 0.25) is 0 Å². The van der Waals surface area contributed by atoms with E-state index in [0.717, 1.165) is 6.08 Å². The van der Waals surface area contributed by atoms with E-state index in [1.165, 1.54) is 0 Å². The summed E-state index contributed by atoms with van der Waals surface area (Å²) >= 11 is 0. The van der Waals surface area contributed by atoms with Gasteiger partial charge in [0.05, 0.1) is 6.26 Å². The lowest BCUT2D eigenvalue weighted by atomic mass is 10.7. The molecule has 0 spiro atoms. The van der Waals surface area contributed by atoms with Crippen molar-refractivity contribution in [2.24, 2.45) is 0 Å². The zero-order chi connectivity index (χ0) is 4.12. The molecule has 0 aromatic rings. The van der Waals surface area contributed by atoms with Gasteiger partial charge in [-0.15, -0.1) is 0 Å². The predicted octanol–water partition coefficient (Wildman–Crippen LogP) is 1.03. The van der Waals surface area contributed by atoms with E-state index in [9.17, 15) is 4.39 Å². The van der Waals surface area contributed by atoms with Gasteiger partial charge in [0.1, 0.15) is 6.67 Å². The minimum absolute atomic E-state index is 0.587. The summed E-state index contributed by atoms with van der Waals surface area (Å²) in [4.78, 5) is 0. The van der Waals surface area contributed by atoms with Crippen LogP contribution in [-0.4, -0.2) is 11.8 Å². The fourth-order valence-corrected chi connectivity index (χ4v) is 0.0398. The Morgan fingerprint density at radius 1 is 1.80 bits per heavy atom.